The highest BCUT2D eigenvalue weighted by Crippen LogP contribution is 2.20. The topological polar surface area (TPSA) is 21.3 Å². The third-order valence-corrected chi connectivity index (χ3v) is 2.35. The minimum Gasteiger partial charge on any atom is -0.372 e. The van der Waals surface area contributed by atoms with Crippen LogP contribution in [0.4, 0.5) is 13.2 Å². The third-order valence-electron chi connectivity index (χ3n) is 2.35. The summed E-state index contributed by atoms with van der Waals surface area (Å²) in [6, 6.07) is 0. The lowest BCUT2D eigenvalue weighted by molar-refractivity contribution is -0.175. The molecular formula is C12H24F3NO. The second-order valence-electron chi connectivity index (χ2n) is 5.61. The van der Waals surface area contributed by atoms with E-state index in [1.807, 2.05) is 13.8 Å². The molecule has 104 valence electrons. The van der Waals surface area contributed by atoms with Crippen LogP contribution < -0.4 is 5.32 Å². The summed E-state index contributed by atoms with van der Waals surface area (Å²) in [7, 11) is 0. The van der Waals surface area contributed by atoms with Gasteiger partial charge in [-0.1, -0.05) is 27.7 Å². The fourth-order valence-electron chi connectivity index (χ4n) is 1.32. The number of halogens is 3. The van der Waals surface area contributed by atoms with Crippen LogP contribution in [0.25, 0.3) is 0 Å². The van der Waals surface area contributed by atoms with Crippen LogP contribution in [-0.4, -0.2) is 32.5 Å². The molecule has 0 aromatic heterocycles. The molecule has 5 heteroatoms. The summed E-state index contributed by atoms with van der Waals surface area (Å²) < 4.78 is 40.1. The zero-order chi connectivity index (χ0) is 13.5. The summed E-state index contributed by atoms with van der Waals surface area (Å²) in [4.78, 5) is 0. The maximum atomic E-state index is 11.8. The highest BCUT2D eigenvalue weighted by Gasteiger charge is 2.27. The summed E-state index contributed by atoms with van der Waals surface area (Å²) >= 11 is 0. The molecular weight excluding hydrogens is 231 g/mol. The van der Waals surface area contributed by atoms with Gasteiger partial charge in [0.2, 0.25) is 0 Å². The van der Waals surface area contributed by atoms with Crippen LogP contribution in [0.1, 0.15) is 34.1 Å². The van der Waals surface area contributed by atoms with Gasteiger partial charge in [0.05, 0.1) is 0 Å². The van der Waals surface area contributed by atoms with Crippen LogP contribution in [0.5, 0.6) is 0 Å². The Morgan fingerprint density at radius 3 is 2.24 bits per heavy atom. The number of ether oxygens (including phenoxy) is 1. The molecule has 0 heterocycles. The largest absolute Gasteiger partial charge is 0.411 e. The maximum Gasteiger partial charge on any atom is 0.411 e. The molecule has 0 unspecified atom stereocenters. The Bertz CT molecular complexity index is 202. The Hall–Kier alpha value is -0.290. The van der Waals surface area contributed by atoms with E-state index in [1.54, 1.807) is 0 Å². The molecule has 0 radical (unpaired) electrons. The molecule has 0 aliphatic carbocycles. The van der Waals surface area contributed by atoms with Crippen molar-refractivity contribution < 1.29 is 17.9 Å². The lowest BCUT2D eigenvalue weighted by Crippen LogP contribution is -2.33. The molecule has 0 amide bonds. The van der Waals surface area contributed by atoms with Crippen molar-refractivity contribution in [3.05, 3.63) is 0 Å². The van der Waals surface area contributed by atoms with Gasteiger partial charge in [-0.25, -0.2) is 0 Å². The molecule has 0 aliphatic heterocycles. The van der Waals surface area contributed by atoms with Gasteiger partial charge in [-0.2, -0.15) is 13.2 Å². The van der Waals surface area contributed by atoms with Gasteiger partial charge >= 0.3 is 6.18 Å². The predicted molar refractivity (Wildman–Crippen MR) is 63.0 cm³/mol. The number of hydrogen-bond donors (Lipinski definition) is 1. The maximum absolute atomic E-state index is 11.8. The standard InChI is InChI=1S/C12H24F3NO/c1-10(2)7-16-8-11(3,4)5-6-17-9-12(13,14)15/h10,16H,5-9H2,1-4H3. The SMILES string of the molecule is CC(C)CNCC(C)(C)CCOCC(F)(F)F. The second-order valence-corrected chi connectivity index (χ2v) is 5.61. The first kappa shape index (κ1) is 16.7. The zero-order valence-corrected chi connectivity index (χ0v) is 11.2. The van der Waals surface area contributed by atoms with Gasteiger partial charge in [0.15, 0.2) is 0 Å². The highest BCUT2D eigenvalue weighted by atomic mass is 19.4. The van der Waals surface area contributed by atoms with Gasteiger partial charge in [-0.3, -0.25) is 0 Å². The van der Waals surface area contributed by atoms with Gasteiger partial charge in [0.25, 0.3) is 0 Å². The molecule has 0 fully saturated rings. The van der Waals surface area contributed by atoms with Gasteiger partial charge in [0.1, 0.15) is 6.61 Å². The molecule has 0 aromatic rings. The quantitative estimate of drug-likeness (QED) is 0.672. The van der Waals surface area contributed by atoms with Crippen LogP contribution in [0.2, 0.25) is 0 Å². The molecule has 0 rings (SSSR count). The summed E-state index contributed by atoms with van der Waals surface area (Å²) in [5.41, 5.74) is -0.0412. The van der Waals surface area contributed by atoms with Crippen molar-refractivity contribution in [1.82, 2.24) is 5.32 Å². The van der Waals surface area contributed by atoms with Crippen LogP contribution in [0, 0.1) is 11.3 Å². The first-order valence-electron chi connectivity index (χ1n) is 5.98. The van der Waals surface area contributed by atoms with E-state index in [-0.39, 0.29) is 12.0 Å². The predicted octanol–water partition coefficient (Wildman–Crippen LogP) is 3.23. The van der Waals surface area contributed by atoms with E-state index < -0.39 is 12.8 Å². The number of rotatable bonds is 8. The number of hydrogen-bond acceptors (Lipinski definition) is 2. The van der Waals surface area contributed by atoms with Gasteiger partial charge in [-0.15, -0.1) is 0 Å². The smallest absolute Gasteiger partial charge is 0.372 e. The normalized spacial score (nSPS) is 13.4. The minimum atomic E-state index is -4.22. The lowest BCUT2D eigenvalue weighted by Gasteiger charge is -2.25. The van der Waals surface area contributed by atoms with Crippen molar-refractivity contribution in [2.24, 2.45) is 11.3 Å². The van der Waals surface area contributed by atoms with Crippen LogP contribution >= 0.6 is 0 Å². The summed E-state index contributed by atoms with van der Waals surface area (Å²) in [6.45, 7) is 9.00. The molecule has 17 heavy (non-hydrogen) atoms. The Balaban J connectivity index is 3.63. The van der Waals surface area contributed by atoms with E-state index in [0.717, 1.165) is 13.1 Å². The van der Waals surface area contributed by atoms with E-state index in [2.05, 4.69) is 23.9 Å². The summed E-state index contributed by atoms with van der Waals surface area (Å²) in [6.07, 6.45) is -3.60. The van der Waals surface area contributed by atoms with Crippen molar-refractivity contribution in [3.8, 4) is 0 Å². The van der Waals surface area contributed by atoms with E-state index in [0.29, 0.717) is 12.3 Å². The monoisotopic (exact) mass is 255 g/mol. The molecule has 0 bridgehead atoms. The Morgan fingerprint density at radius 1 is 1.18 bits per heavy atom. The lowest BCUT2D eigenvalue weighted by atomic mass is 9.89. The third kappa shape index (κ3) is 12.0. The molecule has 1 N–H and O–H groups in total. The van der Waals surface area contributed by atoms with Gasteiger partial charge in [-0.05, 0) is 24.3 Å². The molecule has 0 saturated carbocycles. The summed E-state index contributed by atoms with van der Waals surface area (Å²) in [5, 5.41) is 3.30. The first-order valence-corrected chi connectivity index (χ1v) is 5.98. The van der Waals surface area contributed by atoms with Crippen molar-refractivity contribution >= 4 is 0 Å². The highest BCUT2D eigenvalue weighted by molar-refractivity contribution is 4.71. The fraction of sp³-hybridized carbons (Fsp3) is 1.00. The Morgan fingerprint density at radius 2 is 1.76 bits per heavy atom. The molecule has 2 nitrogen and oxygen atoms in total. The average molecular weight is 255 g/mol. The molecule has 0 aromatic carbocycles. The average Bonchev–Trinajstić information content (AvgIpc) is 2.10. The molecule has 0 aliphatic rings. The second kappa shape index (κ2) is 7.21. The Kier molecular flexibility index (Phi) is 7.09. The van der Waals surface area contributed by atoms with Crippen molar-refractivity contribution in [2.45, 2.75) is 40.3 Å². The zero-order valence-electron chi connectivity index (χ0n) is 11.2. The number of alkyl halides is 3. The summed E-state index contributed by atoms with van der Waals surface area (Å²) in [5.74, 6) is 0.576. The first-order chi connectivity index (χ1) is 7.62. The van der Waals surface area contributed by atoms with Crippen LogP contribution in [-0.2, 0) is 4.74 Å². The molecule has 0 atom stereocenters. The van der Waals surface area contributed by atoms with Crippen molar-refractivity contribution in [2.75, 3.05) is 26.3 Å². The van der Waals surface area contributed by atoms with Gasteiger partial charge in [0, 0.05) is 13.2 Å². The van der Waals surface area contributed by atoms with E-state index in [9.17, 15) is 13.2 Å². The van der Waals surface area contributed by atoms with Gasteiger partial charge < -0.3 is 10.1 Å². The van der Waals surface area contributed by atoms with E-state index in [4.69, 9.17) is 0 Å². The number of nitrogens with one attached hydrogen (secondary N) is 1. The van der Waals surface area contributed by atoms with Crippen molar-refractivity contribution in [3.63, 3.8) is 0 Å². The molecule has 0 saturated heterocycles. The molecule has 0 spiro atoms. The van der Waals surface area contributed by atoms with Crippen LogP contribution in [0.3, 0.4) is 0 Å². The van der Waals surface area contributed by atoms with E-state index >= 15 is 0 Å². The van der Waals surface area contributed by atoms with E-state index in [1.165, 1.54) is 0 Å². The Labute approximate surface area is 102 Å². The van der Waals surface area contributed by atoms with Crippen LogP contribution in [0.15, 0.2) is 0 Å². The fourth-order valence-corrected chi connectivity index (χ4v) is 1.32. The minimum absolute atomic E-state index is 0.0412. The van der Waals surface area contributed by atoms with Crippen molar-refractivity contribution in [1.29, 1.82) is 0 Å².